The van der Waals surface area contributed by atoms with Gasteiger partial charge in [-0.3, -0.25) is 45.3 Å². The van der Waals surface area contributed by atoms with E-state index in [0.717, 1.165) is 13.1 Å². The fourth-order valence-corrected chi connectivity index (χ4v) is 2.58. The van der Waals surface area contributed by atoms with Crippen molar-refractivity contribution in [1.29, 1.82) is 0 Å². The highest BCUT2D eigenvalue weighted by molar-refractivity contribution is 5.83. The van der Waals surface area contributed by atoms with Gasteiger partial charge in [-0.25, -0.2) is 0 Å². The van der Waals surface area contributed by atoms with E-state index in [1.807, 2.05) is 0 Å². The van der Waals surface area contributed by atoms with Crippen LogP contribution in [0.2, 0.25) is 0 Å². The summed E-state index contributed by atoms with van der Waals surface area (Å²) in [4.78, 5) is 48.3. The van der Waals surface area contributed by atoms with Gasteiger partial charge in [-0.1, -0.05) is 7.43 Å². The molecule has 0 unspecified atom stereocenters. The summed E-state index contributed by atoms with van der Waals surface area (Å²) in [6.07, 6.45) is 2.09. The summed E-state index contributed by atoms with van der Waals surface area (Å²) in [7, 11) is 0.889. The average Bonchev–Trinajstić information content (AvgIpc) is 3.44. The minimum absolute atomic E-state index is 0. The lowest BCUT2D eigenvalue weighted by molar-refractivity contribution is -0.445. The molecule has 0 spiro atoms. The van der Waals surface area contributed by atoms with Crippen molar-refractivity contribution in [2.45, 2.75) is 7.43 Å². The molecule has 0 fully saturated rings. The number of nitro benzene ring substituents is 2. The Morgan fingerprint density at radius 3 is 1.44 bits per heavy atom. The highest BCUT2D eigenvalue weighted by Gasteiger charge is 2.23. The fraction of sp³-hybridized carbons (Fsp3) is 0.211. The number of fused-ring (bicyclic) bond motifs is 2. The first kappa shape index (κ1) is 28.7. The summed E-state index contributed by atoms with van der Waals surface area (Å²) in [6, 6.07) is 5.00. The molecule has 36 heavy (non-hydrogen) atoms. The van der Waals surface area contributed by atoms with Crippen LogP contribution < -0.4 is 18.9 Å². The molecule has 4 rings (SSSR count). The summed E-state index contributed by atoms with van der Waals surface area (Å²) in [5.41, 5.74) is -0.466. The van der Waals surface area contributed by atoms with Gasteiger partial charge in [0.15, 0.2) is 36.3 Å². The number of rotatable bonds is 5. The fourth-order valence-electron chi connectivity index (χ4n) is 2.58. The quantitative estimate of drug-likeness (QED) is 0.320. The molecule has 0 bridgehead atoms. The lowest BCUT2D eigenvalue weighted by Gasteiger charge is -1.99. The van der Waals surface area contributed by atoms with Gasteiger partial charge in [-0.2, -0.15) is 0 Å². The van der Waals surface area contributed by atoms with E-state index in [-0.39, 0.29) is 49.3 Å². The normalized spacial score (nSPS) is 11.7. The zero-order chi connectivity index (χ0) is 26.1. The first-order valence-corrected chi connectivity index (χ1v) is 9.04. The van der Waals surface area contributed by atoms with E-state index in [0.29, 0.717) is 29.7 Å². The molecule has 0 saturated carbocycles. The van der Waals surface area contributed by atoms with Crippen LogP contribution in [0.1, 0.15) is 23.3 Å². The van der Waals surface area contributed by atoms with Gasteiger partial charge in [-0.05, 0) is 6.07 Å². The van der Waals surface area contributed by atoms with Gasteiger partial charge < -0.3 is 18.9 Å². The van der Waals surface area contributed by atoms with Crippen LogP contribution in [-0.2, 0) is 0 Å². The molecule has 0 radical (unpaired) electrons. The van der Waals surface area contributed by atoms with Crippen LogP contribution >= 0.6 is 0 Å². The second-order valence-electron chi connectivity index (χ2n) is 6.20. The van der Waals surface area contributed by atoms with E-state index in [1.54, 1.807) is 0 Å². The predicted molar refractivity (Wildman–Crippen MR) is 120 cm³/mol. The highest BCUT2D eigenvalue weighted by atomic mass is 16.7. The van der Waals surface area contributed by atoms with Crippen molar-refractivity contribution in [2.75, 3.05) is 20.6 Å². The van der Waals surface area contributed by atoms with Crippen LogP contribution in [0.5, 0.6) is 23.0 Å². The second kappa shape index (κ2) is 12.8. The van der Waals surface area contributed by atoms with Crippen molar-refractivity contribution in [1.82, 2.24) is 0 Å². The van der Waals surface area contributed by atoms with E-state index in [1.165, 1.54) is 24.3 Å². The molecule has 0 N–H and O–H groups in total. The summed E-state index contributed by atoms with van der Waals surface area (Å²) >= 11 is 0. The van der Waals surface area contributed by atoms with E-state index in [9.17, 15) is 35.1 Å². The van der Waals surface area contributed by atoms with Gasteiger partial charge in [0.05, 0.1) is 38.0 Å². The molecule has 192 valence electrons. The van der Waals surface area contributed by atoms with Crippen molar-refractivity contribution >= 4 is 23.7 Å². The molecule has 17 nitrogen and oxygen atoms in total. The number of carbonyl (C=O) groups excluding carboxylic acids is 1. The maximum atomic E-state index is 10.8. The molecule has 2 aliphatic rings. The molecule has 0 saturated heterocycles. The van der Waals surface area contributed by atoms with Gasteiger partial charge in [-0.15, -0.1) is 0 Å². The van der Waals surface area contributed by atoms with Gasteiger partial charge >= 0.3 is 0 Å². The zero-order valence-corrected chi connectivity index (χ0v) is 17.6. The predicted octanol–water partition coefficient (Wildman–Crippen LogP) is 3.24. The van der Waals surface area contributed by atoms with E-state index < -0.39 is 19.7 Å². The van der Waals surface area contributed by atoms with E-state index in [2.05, 4.69) is 0 Å². The van der Waals surface area contributed by atoms with Gasteiger partial charge in [0.2, 0.25) is 19.8 Å². The Balaban J connectivity index is 0.000000310. The summed E-state index contributed by atoms with van der Waals surface area (Å²) in [6.45, 7) is 0.00366. The van der Waals surface area contributed by atoms with Crippen LogP contribution in [0.3, 0.4) is 0 Å². The number of nitrogens with zero attached hydrogens (tertiary/aromatic N) is 4. The molecular formula is C19H18N4O13. The Morgan fingerprint density at radius 2 is 1.08 bits per heavy atom. The van der Waals surface area contributed by atoms with Crippen molar-refractivity contribution in [3.8, 4) is 23.0 Å². The van der Waals surface area contributed by atoms with E-state index in [4.69, 9.17) is 29.1 Å². The maximum Gasteiger partial charge on any atom is 0.283 e. The third-order valence-corrected chi connectivity index (χ3v) is 3.94. The Labute approximate surface area is 201 Å². The molecule has 17 heteroatoms. The van der Waals surface area contributed by atoms with Crippen LogP contribution in [0.25, 0.3) is 6.08 Å². The number of carbonyl (C=O) groups is 1. The van der Waals surface area contributed by atoms with Gasteiger partial charge in [0, 0.05) is 17.1 Å². The van der Waals surface area contributed by atoms with Crippen molar-refractivity contribution in [3.63, 3.8) is 0 Å². The average molecular weight is 510 g/mol. The van der Waals surface area contributed by atoms with E-state index >= 15 is 0 Å². The van der Waals surface area contributed by atoms with Crippen molar-refractivity contribution < 1.29 is 43.4 Å². The smallest absolute Gasteiger partial charge is 0.283 e. The van der Waals surface area contributed by atoms with Crippen molar-refractivity contribution in [2.24, 2.45) is 0 Å². The number of nitro groups is 4. The molecule has 2 heterocycles. The number of aldehydes is 1. The largest absolute Gasteiger partial charge is 0.454 e. The number of hydrogen-bond acceptors (Lipinski definition) is 13. The Hall–Kier alpha value is -5.35. The Morgan fingerprint density at radius 1 is 0.722 bits per heavy atom. The van der Waals surface area contributed by atoms with Gasteiger partial charge in [0.25, 0.3) is 11.4 Å². The highest BCUT2D eigenvalue weighted by Crippen LogP contribution is 2.38. The van der Waals surface area contributed by atoms with Crippen LogP contribution in [0, 0.1) is 40.5 Å². The molecule has 2 aliphatic heterocycles. The van der Waals surface area contributed by atoms with Crippen LogP contribution in [0.4, 0.5) is 11.4 Å². The monoisotopic (exact) mass is 510 g/mol. The third kappa shape index (κ3) is 7.61. The van der Waals surface area contributed by atoms with Crippen LogP contribution in [0.15, 0.2) is 30.5 Å². The Kier molecular flexibility index (Phi) is 10.2. The molecule has 0 amide bonds. The standard InChI is InChI=1S/C9H6N2O6.C8H5NO5.CH3NO2.CH4/c12-10(13)2-1-6-3-8-9(17-5-16-8)4-7(6)11(14)15;10-3-5-1-7-8(14-4-13-7)2-6(5)9(11)12;1-2(3)4;/h1-4H,5H2;1-3H,4H2;1H3;1H4/b2-1+;;;. The lowest BCUT2D eigenvalue weighted by atomic mass is 10.1. The molecule has 0 atom stereocenters. The second-order valence-corrected chi connectivity index (χ2v) is 6.20. The Bertz CT molecular complexity index is 1210. The molecular weight excluding hydrogens is 492 g/mol. The third-order valence-electron chi connectivity index (χ3n) is 3.94. The molecule has 2 aromatic rings. The molecule has 0 aliphatic carbocycles. The zero-order valence-electron chi connectivity index (χ0n) is 17.6. The number of ether oxygens (including phenoxy) is 4. The summed E-state index contributed by atoms with van der Waals surface area (Å²) in [5.74, 6) is 1.24. The minimum Gasteiger partial charge on any atom is -0.454 e. The molecule has 2 aromatic carbocycles. The van der Waals surface area contributed by atoms with Gasteiger partial charge in [0.1, 0.15) is 0 Å². The number of benzene rings is 2. The number of hydrogen-bond donors (Lipinski definition) is 0. The maximum absolute atomic E-state index is 10.8. The summed E-state index contributed by atoms with van der Waals surface area (Å²) < 4.78 is 19.9. The van der Waals surface area contributed by atoms with Crippen molar-refractivity contribution in [3.05, 3.63) is 82.0 Å². The first-order chi connectivity index (χ1) is 16.5. The van der Waals surface area contributed by atoms with Crippen LogP contribution in [-0.4, -0.2) is 46.6 Å². The SMILES string of the molecule is C.C[N+](=O)[O-].O=Cc1cc2c(cc1[N+](=O)[O-])OCO2.O=[N+]([O-])/C=C/c1cc2c(cc1[N+](=O)[O-])OCO2. The minimum atomic E-state index is -0.700. The topological polar surface area (TPSA) is 227 Å². The molecule has 0 aromatic heterocycles. The first-order valence-electron chi connectivity index (χ1n) is 9.04. The summed E-state index contributed by atoms with van der Waals surface area (Å²) in [5, 5.41) is 40.3. The lowest BCUT2D eigenvalue weighted by Crippen LogP contribution is -1.94.